The minimum absolute atomic E-state index is 0.462. The predicted molar refractivity (Wildman–Crippen MR) is 76.8 cm³/mol. The molecule has 0 aliphatic carbocycles. The number of aliphatic hydroxyl groups excluding tert-OH is 1. The van der Waals surface area contributed by atoms with E-state index in [1.54, 1.807) is 6.92 Å². The maximum absolute atomic E-state index is 9.94. The zero-order valence-corrected chi connectivity index (χ0v) is 12.4. The number of benzene rings is 1. The number of halogens is 1. The van der Waals surface area contributed by atoms with Crippen molar-refractivity contribution in [1.29, 1.82) is 0 Å². The van der Waals surface area contributed by atoms with Crippen molar-refractivity contribution >= 4 is 21.6 Å². The molecule has 0 saturated carbocycles. The number of anilines is 1. The molecule has 18 heavy (non-hydrogen) atoms. The van der Waals surface area contributed by atoms with Crippen molar-refractivity contribution in [2.45, 2.75) is 38.4 Å². The molecule has 1 saturated heterocycles. The maximum atomic E-state index is 9.94. The number of hydrogen-bond donors (Lipinski definition) is 2. The van der Waals surface area contributed by atoms with E-state index in [4.69, 9.17) is 0 Å². The highest BCUT2D eigenvalue weighted by molar-refractivity contribution is 9.10. The van der Waals surface area contributed by atoms with Gasteiger partial charge in [-0.1, -0.05) is 22.0 Å². The molecular formula is C14H20BrNO2. The quantitative estimate of drug-likeness (QED) is 0.882. The molecular weight excluding hydrogens is 294 g/mol. The van der Waals surface area contributed by atoms with Crippen LogP contribution in [0.15, 0.2) is 22.7 Å². The van der Waals surface area contributed by atoms with Crippen LogP contribution in [-0.4, -0.2) is 28.9 Å². The largest absolute Gasteiger partial charge is 0.390 e. The van der Waals surface area contributed by atoms with Gasteiger partial charge >= 0.3 is 0 Å². The van der Waals surface area contributed by atoms with Crippen LogP contribution in [0.1, 0.15) is 38.4 Å². The standard InChI is InChI=1S/C14H20BrNO2/c1-10(17)12-4-3-11(9-13(12)15)16-7-5-14(2,18)6-8-16/h3-4,9-10,17-18H,5-8H2,1-2H3/t10-/m0/s1. The Labute approximate surface area is 117 Å². The van der Waals surface area contributed by atoms with Crippen LogP contribution in [-0.2, 0) is 0 Å². The van der Waals surface area contributed by atoms with Gasteiger partial charge in [0.2, 0.25) is 0 Å². The summed E-state index contributed by atoms with van der Waals surface area (Å²) in [5, 5.41) is 19.5. The van der Waals surface area contributed by atoms with Gasteiger partial charge in [-0.15, -0.1) is 0 Å². The Morgan fingerprint density at radius 1 is 1.33 bits per heavy atom. The lowest BCUT2D eigenvalue weighted by atomic mass is 9.93. The SMILES string of the molecule is C[C@H](O)c1ccc(N2CCC(C)(O)CC2)cc1Br. The van der Waals surface area contributed by atoms with Crippen LogP contribution in [0.2, 0.25) is 0 Å². The van der Waals surface area contributed by atoms with Gasteiger partial charge in [-0.2, -0.15) is 0 Å². The first-order chi connectivity index (χ1) is 8.39. The van der Waals surface area contributed by atoms with Crippen LogP contribution >= 0.6 is 15.9 Å². The molecule has 1 aromatic rings. The summed E-state index contributed by atoms with van der Waals surface area (Å²) in [6, 6.07) is 6.03. The third-order valence-corrected chi connectivity index (χ3v) is 4.33. The Morgan fingerprint density at radius 2 is 1.94 bits per heavy atom. The minimum Gasteiger partial charge on any atom is -0.390 e. The molecule has 2 rings (SSSR count). The summed E-state index contributed by atoms with van der Waals surface area (Å²) >= 11 is 3.50. The Morgan fingerprint density at radius 3 is 2.44 bits per heavy atom. The molecule has 1 heterocycles. The van der Waals surface area contributed by atoms with Crippen molar-refractivity contribution in [3.05, 3.63) is 28.2 Å². The first-order valence-electron chi connectivity index (χ1n) is 6.34. The molecule has 100 valence electrons. The van der Waals surface area contributed by atoms with Crippen LogP contribution in [0.25, 0.3) is 0 Å². The van der Waals surface area contributed by atoms with Crippen molar-refractivity contribution in [2.24, 2.45) is 0 Å². The van der Waals surface area contributed by atoms with Crippen molar-refractivity contribution < 1.29 is 10.2 Å². The average molecular weight is 314 g/mol. The highest BCUT2D eigenvalue weighted by Gasteiger charge is 2.27. The number of piperidine rings is 1. The summed E-state index contributed by atoms with van der Waals surface area (Å²) in [5.74, 6) is 0. The van der Waals surface area contributed by atoms with Gasteiger partial charge in [-0.3, -0.25) is 0 Å². The van der Waals surface area contributed by atoms with Crippen molar-refractivity contribution in [3.8, 4) is 0 Å². The van der Waals surface area contributed by atoms with E-state index in [-0.39, 0.29) is 0 Å². The lowest BCUT2D eigenvalue weighted by molar-refractivity contribution is 0.0351. The number of rotatable bonds is 2. The fourth-order valence-electron chi connectivity index (χ4n) is 2.30. The topological polar surface area (TPSA) is 43.7 Å². The summed E-state index contributed by atoms with van der Waals surface area (Å²) in [5.41, 5.74) is 1.53. The minimum atomic E-state index is -0.521. The third kappa shape index (κ3) is 3.05. The molecule has 1 atom stereocenters. The normalized spacial score (nSPS) is 20.8. The van der Waals surface area contributed by atoms with Gasteiger partial charge in [0.25, 0.3) is 0 Å². The van der Waals surface area contributed by atoms with E-state index in [2.05, 4.69) is 20.8 Å². The van der Waals surface area contributed by atoms with Gasteiger partial charge in [0.15, 0.2) is 0 Å². The second-order valence-electron chi connectivity index (χ2n) is 5.37. The zero-order chi connectivity index (χ0) is 13.3. The molecule has 3 nitrogen and oxygen atoms in total. The van der Waals surface area contributed by atoms with E-state index in [0.29, 0.717) is 0 Å². The molecule has 1 aromatic carbocycles. The summed E-state index contributed by atoms with van der Waals surface area (Å²) in [6.45, 7) is 5.40. The fourth-order valence-corrected chi connectivity index (χ4v) is 3.00. The molecule has 0 amide bonds. The smallest absolute Gasteiger partial charge is 0.0772 e. The Hall–Kier alpha value is -0.580. The highest BCUT2D eigenvalue weighted by atomic mass is 79.9. The molecule has 0 radical (unpaired) electrons. The fraction of sp³-hybridized carbons (Fsp3) is 0.571. The van der Waals surface area contributed by atoms with Gasteiger partial charge < -0.3 is 15.1 Å². The Kier molecular flexibility index (Phi) is 3.99. The predicted octanol–water partition coefficient (Wildman–Crippen LogP) is 2.85. The average Bonchev–Trinajstić information content (AvgIpc) is 2.28. The molecule has 2 N–H and O–H groups in total. The van der Waals surface area contributed by atoms with Crippen LogP contribution in [0.3, 0.4) is 0 Å². The van der Waals surface area contributed by atoms with E-state index >= 15 is 0 Å². The molecule has 1 aliphatic heterocycles. The lowest BCUT2D eigenvalue weighted by Gasteiger charge is -2.37. The van der Waals surface area contributed by atoms with Crippen LogP contribution in [0.4, 0.5) is 5.69 Å². The summed E-state index contributed by atoms with van der Waals surface area (Å²) in [4.78, 5) is 2.27. The van der Waals surface area contributed by atoms with E-state index in [0.717, 1.165) is 41.7 Å². The molecule has 4 heteroatoms. The van der Waals surface area contributed by atoms with Crippen molar-refractivity contribution in [3.63, 3.8) is 0 Å². The van der Waals surface area contributed by atoms with Crippen molar-refractivity contribution in [1.82, 2.24) is 0 Å². The molecule has 0 bridgehead atoms. The Bertz CT molecular complexity index is 422. The first kappa shape index (κ1) is 13.8. The maximum Gasteiger partial charge on any atom is 0.0772 e. The molecule has 1 fully saturated rings. The monoisotopic (exact) mass is 313 g/mol. The second-order valence-corrected chi connectivity index (χ2v) is 6.22. The molecule has 0 unspecified atom stereocenters. The van der Waals surface area contributed by atoms with Gasteiger partial charge in [-0.05, 0) is 44.4 Å². The number of hydrogen-bond acceptors (Lipinski definition) is 3. The summed E-state index contributed by atoms with van der Waals surface area (Å²) < 4.78 is 0.937. The summed E-state index contributed by atoms with van der Waals surface area (Å²) in [7, 11) is 0. The van der Waals surface area contributed by atoms with Crippen LogP contribution < -0.4 is 4.90 Å². The molecule has 1 aliphatic rings. The molecule has 0 spiro atoms. The van der Waals surface area contributed by atoms with E-state index in [1.807, 2.05) is 25.1 Å². The van der Waals surface area contributed by atoms with E-state index in [1.165, 1.54) is 0 Å². The first-order valence-corrected chi connectivity index (χ1v) is 7.13. The van der Waals surface area contributed by atoms with Gasteiger partial charge in [0.1, 0.15) is 0 Å². The van der Waals surface area contributed by atoms with Crippen molar-refractivity contribution in [2.75, 3.05) is 18.0 Å². The Balaban J connectivity index is 2.13. The van der Waals surface area contributed by atoms with Crippen LogP contribution in [0.5, 0.6) is 0 Å². The lowest BCUT2D eigenvalue weighted by Crippen LogP contribution is -2.42. The second kappa shape index (κ2) is 5.19. The number of nitrogens with zero attached hydrogens (tertiary/aromatic N) is 1. The highest BCUT2D eigenvalue weighted by Crippen LogP contribution is 2.31. The number of aliphatic hydroxyl groups is 2. The third-order valence-electron chi connectivity index (χ3n) is 3.64. The van der Waals surface area contributed by atoms with Gasteiger partial charge in [0, 0.05) is 23.2 Å². The van der Waals surface area contributed by atoms with Gasteiger partial charge in [0.05, 0.1) is 11.7 Å². The van der Waals surface area contributed by atoms with E-state index in [9.17, 15) is 10.2 Å². The van der Waals surface area contributed by atoms with E-state index < -0.39 is 11.7 Å². The zero-order valence-electron chi connectivity index (χ0n) is 10.9. The molecule has 0 aromatic heterocycles. The summed E-state index contributed by atoms with van der Waals surface area (Å²) in [6.07, 6.45) is 1.13. The van der Waals surface area contributed by atoms with Gasteiger partial charge in [-0.25, -0.2) is 0 Å². The van der Waals surface area contributed by atoms with Crippen LogP contribution in [0, 0.1) is 0 Å².